The Morgan fingerprint density at radius 2 is 2.09 bits per heavy atom. The van der Waals surface area contributed by atoms with Gasteiger partial charge in [0.1, 0.15) is 17.4 Å². The maximum atomic E-state index is 13.2. The minimum Gasteiger partial charge on any atom is -0.497 e. The van der Waals surface area contributed by atoms with E-state index in [0.29, 0.717) is 45.5 Å². The maximum absolute atomic E-state index is 13.2. The van der Waals surface area contributed by atoms with E-state index in [2.05, 4.69) is 9.97 Å². The number of ether oxygens (including phenoxy) is 1. The summed E-state index contributed by atoms with van der Waals surface area (Å²) in [4.78, 5) is 35.4. The van der Waals surface area contributed by atoms with Crippen LogP contribution in [0.5, 0.6) is 5.75 Å². The summed E-state index contributed by atoms with van der Waals surface area (Å²) in [7, 11) is 1.59. The van der Waals surface area contributed by atoms with Crippen LogP contribution in [0, 0.1) is 6.92 Å². The fourth-order valence-corrected chi connectivity index (χ4v) is 4.32. The van der Waals surface area contributed by atoms with Crippen LogP contribution in [0.4, 0.5) is 5.82 Å². The first-order valence-electron chi connectivity index (χ1n) is 10.3. The molecule has 0 saturated heterocycles. The van der Waals surface area contributed by atoms with Crippen molar-refractivity contribution in [3.8, 4) is 5.75 Å². The number of carbonyl (C=O) groups excluding carboxylic acids is 2. The van der Waals surface area contributed by atoms with E-state index in [-0.39, 0.29) is 24.7 Å². The average molecular weight is 467 g/mol. The van der Waals surface area contributed by atoms with Crippen LogP contribution < -0.4 is 10.5 Å². The molecule has 0 fully saturated rings. The number of aryl methyl sites for hydroxylation is 1. The number of fused-ring (bicyclic) bond motifs is 1. The van der Waals surface area contributed by atoms with Gasteiger partial charge in [-0.15, -0.1) is 0 Å². The van der Waals surface area contributed by atoms with Crippen LogP contribution in [0.3, 0.4) is 0 Å². The zero-order valence-corrected chi connectivity index (χ0v) is 19.6. The average Bonchev–Trinajstić information content (AvgIpc) is 2.82. The Bertz CT molecular complexity index is 1210. The highest BCUT2D eigenvalue weighted by Crippen LogP contribution is 2.32. The van der Waals surface area contributed by atoms with Crippen molar-refractivity contribution in [3.63, 3.8) is 0 Å². The molecule has 0 aliphatic rings. The minimum atomic E-state index is -0.183. The summed E-state index contributed by atoms with van der Waals surface area (Å²) in [6.45, 7) is 3.45. The Labute approximate surface area is 196 Å². The standard InChI is InChI=1S/C24H26N4O4S/c1-15(28(14-30)13-18-12-26-16(2)27-23(18)25)22(9-10-29)33-24(31)21-6-4-5-17-11-19(32-3)7-8-20(17)21/h4-8,11-12,14,29H,9-10,13H2,1-3H3,(H2,25,26,27). The van der Waals surface area contributed by atoms with Crippen molar-refractivity contribution < 1.29 is 19.4 Å². The van der Waals surface area contributed by atoms with Crippen molar-refractivity contribution in [2.45, 2.75) is 26.8 Å². The molecule has 3 aromatic rings. The van der Waals surface area contributed by atoms with E-state index in [1.54, 1.807) is 33.2 Å². The summed E-state index contributed by atoms with van der Waals surface area (Å²) < 4.78 is 5.27. The second kappa shape index (κ2) is 10.9. The predicted molar refractivity (Wildman–Crippen MR) is 130 cm³/mol. The monoisotopic (exact) mass is 466 g/mol. The highest BCUT2D eigenvalue weighted by Gasteiger charge is 2.19. The molecule has 1 aromatic heterocycles. The van der Waals surface area contributed by atoms with Crippen LogP contribution in [-0.4, -0.2) is 45.2 Å². The van der Waals surface area contributed by atoms with Gasteiger partial charge in [0.05, 0.1) is 13.7 Å². The van der Waals surface area contributed by atoms with Crippen LogP contribution in [0.15, 0.2) is 53.2 Å². The van der Waals surface area contributed by atoms with E-state index in [4.69, 9.17) is 10.5 Å². The minimum absolute atomic E-state index is 0.152. The molecule has 3 N–H and O–H groups in total. The number of hydrogen-bond donors (Lipinski definition) is 2. The van der Waals surface area contributed by atoms with Crippen molar-refractivity contribution in [2.24, 2.45) is 0 Å². The number of amides is 1. The predicted octanol–water partition coefficient (Wildman–Crippen LogP) is 3.67. The van der Waals surface area contributed by atoms with Crippen molar-refractivity contribution in [1.82, 2.24) is 14.9 Å². The lowest BCUT2D eigenvalue weighted by Crippen LogP contribution is -2.22. The number of benzene rings is 2. The number of allylic oxidation sites excluding steroid dienone is 1. The number of aliphatic hydroxyl groups is 1. The molecule has 0 atom stereocenters. The number of nitrogen functional groups attached to an aromatic ring is 1. The Hall–Kier alpha value is -3.43. The smallest absolute Gasteiger partial charge is 0.224 e. The van der Waals surface area contributed by atoms with Gasteiger partial charge in [0.2, 0.25) is 11.5 Å². The van der Waals surface area contributed by atoms with E-state index < -0.39 is 0 Å². The third kappa shape index (κ3) is 5.68. The molecule has 0 spiro atoms. The third-order valence-electron chi connectivity index (χ3n) is 5.18. The second-order valence-electron chi connectivity index (χ2n) is 7.33. The molecule has 1 amide bonds. The fourth-order valence-electron chi connectivity index (χ4n) is 3.35. The van der Waals surface area contributed by atoms with Gasteiger partial charge in [-0.2, -0.15) is 0 Å². The Kier molecular flexibility index (Phi) is 8.02. The number of anilines is 1. The van der Waals surface area contributed by atoms with E-state index in [1.807, 2.05) is 30.3 Å². The normalized spacial score (nSPS) is 11.8. The van der Waals surface area contributed by atoms with Gasteiger partial charge >= 0.3 is 0 Å². The van der Waals surface area contributed by atoms with Gasteiger partial charge < -0.3 is 20.5 Å². The summed E-state index contributed by atoms with van der Waals surface area (Å²) in [6, 6.07) is 11.0. The largest absolute Gasteiger partial charge is 0.497 e. The molecule has 0 saturated carbocycles. The Morgan fingerprint density at radius 3 is 2.76 bits per heavy atom. The van der Waals surface area contributed by atoms with Crippen molar-refractivity contribution in [1.29, 1.82) is 0 Å². The van der Waals surface area contributed by atoms with E-state index in [0.717, 1.165) is 22.5 Å². The molecule has 33 heavy (non-hydrogen) atoms. The number of carbonyl (C=O) groups is 2. The van der Waals surface area contributed by atoms with Gasteiger partial charge in [0.15, 0.2) is 0 Å². The zero-order chi connectivity index (χ0) is 24.0. The number of nitrogens with zero attached hydrogens (tertiary/aromatic N) is 3. The van der Waals surface area contributed by atoms with Crippen LogP contribution in [0.2, 0.25) is 0 Å². The molecule has 2 aromatic carbocycles. The van der Waals surface area contributed by atoms with E-state index in [1.165, 1.54) is 4.90 Å². The number of methoxy groups -OCH3 is 1. The second-order valence-corrected chi connectivity index (χ2v) is 8.39. The zero-order valence-electron chi connectivity index (χ0n) is 18.7. The Morgan fingerprint density at radius 1 is 1.30 bits per heavy atom. The first kappa shape index (κ1) is 24.2. The van der Waals surface area contributed by atoms with Crippen LogP contribution in [0.1, 0.15) is 35.1 Å². The lowest BCUT2D eigenvalue weighted by Gasteiger charge is -2.22. The summed E-state index contributed by atoms with van der Waals surface area (Å²) in [6.07, 6.45) is 2.47. The molecular formula is C24H26N4O4S. The Balaban J connectivity index is 1.91. The van der Waals surface area contributed by atoms with Gasteiger partial charge in [-0.25, -0.2) is 9.97 Å². The fraction of sp³-hybridized carbons (Fsp3) is 0.250. The van der Waals surface area contributed by atoms with Crippen LogP contribution in [0.25, 0.3) is 10.8 Å². The molecule has 0 unspecified atom stereocenters. The van der Waals surface area contributed by atoms with Gasteiger partial charge in [0, 0.05) is 41.0 Å². The van der Waals surface area contributed by atoms with E-state index in [9.17, 15) is 14.7 Å². The van der Waals surface area contributed by atoms with E-state index >= 15 is 0 Å². The SMILES string of the molecule is COc1ccc2c(C(=O)SC(CCO)=C(C)N(C=O)Cc3cnc(C)nc3N)cccc2c1. The summed E-state index contributed by atoms with van der Waals surface area (Å²) >= 11 is 1.00. The molecule has 0 aliphatic heterocycles. The molecule has 0 radical (unpaired) electrons. The first-order valence-corrected chi connectivity index (χ1v) is 11.1. The number of thioether (sulfide) groups is 1. The van der Waals surface area contributed by atoms with Crippen LogP contribution in [-0.2, 0) is 11.3 Å². The summed E-state index contributed by atoms with van der Waals surface area (Å²) in [5.41, 5.74) is 7.66. The van der Waals surface area contributed by atoms with Gasteiger partial charge in [-0.3, -0.25) is 9.59 Å². The number of aliphatic hydroxyl groups excluding tert-OH is 1. The molecule has 8 nitrogen and oxygen atoms in total. The maximum Gasteiger partial charge on any atom is 0.224 e. The topological polar surface area (TPSA) is 119 Å². The number of hydrogen-bond acceptors (Lipinski definition) is 8. The summed E-state index contributed by atoms with van der Waals surface area (Å²) in [5, 5.41) is 11.1. The summed E-state index contributed by atoms with van der Waals surface area (Å²) in [5.74, 6) is 1.54. The lowest BCUT2D eigenvalue weighted by atomic mass is 10.1. The van der Waals surface area contributed by atoms with Crippen LogP contribution >= 0.6 is 11.8 Å². The molecule has 0 bridgehead atoms. The number of nitrogens with two attached hydrogens (primary N) is 1. The number of aromatic nitrogens is 2. The molecule has 1 heterocycles. The quantitative estimate of drug-likeness (QED) is 0.459. The van der Waals surface area contributed by atoms with Crippen molar-refractivity contribution >= 4 is 39.9 Å². The molecule has 172 valence electrons. The van der Waals surface area contributed by atoms with Gasteiger partial charge in [-0.1, -0.05) is 12.1 Å². The highest BCUT2D eigenvalue weighted by atomic mass is 32.2. The lowest BCUT2D eigenvalue weighted by molar-refractivity contribution is -0.116. The van der Waals surface area contributed by atoms with Crippen molar-refractivity contribution in [2.75, 3.05) is 19.5 Å². The number of rotatable bonds is 9. The third-order valence-corrected chi connectivity index (χ3v) is 6.33. The molecular weight excluding hydrogens is 440 g/mol. The molecule has 0 aliphatic carbocycles. The van der Waals surface area contributed by atoms with Gasteiger partial charge in [-0.05, 0) is 60.6 Å². The molecule has 9 heteroatoms. The highest BCUT2D eigenvalue weighted by molar-refractivity contribution is 8.17. The van der Waals surface area contributed by atoms with Crippen molar-refractivity contribution in [3.05, 3.63) is 70.1 Å². The molecule has 3 rings (SSSR count). The van der Waals surface area contributed by atoms with Gasteiger partial charge in [0.25, 0.3) is 0 Å². The first-order chi connectivity index (χ1) is 15.9.